The van der Waals surface area contributed by atoms with Gasteiger partial charge in [0.25, 0.3) is 0 Å². The minimum Gasteiger partial charge on any atom is -0.768 e. The first kappa shape index (κ1) is 15.1. The van der Waals surface area contributed by atoms with Crippen molar-refractivity contribution in [2.24, 2.45) is 0 Å². The molecular formula is C15H11O5S-. The molecule has 6 heteroatoms. The molecule has 2 aromatic carbocycles. The molecule has 0 saturated heterocycles. The van der Waals surface area contributed by atoms with Gasteiger partial charge in [-0.2, -0.15) is 0 Å². The topological polar surface area (TPSA) is 83.5 Å². The second-order valence-electron chi connectivity index (χ2n) is 4.32. The second kappa shape index (κ2) is 6.43. The molecule has 1 unspecified atom stereocenters. The Labute approximate surface area is 123 Å². The Kier molecular flexibility index (Phi) is 4.62. The molecule has 0 fully saturated rings. The van der Waals surface area contributed by atoms with E-state index in [1.165, 1.54) is 24.3 Å². The van der Waals surface area contributed by atoms with Crippen LogP contribution in [-0.4, -0.2) is 21.3 Å². The normalized spacial score (nSPS) is 11.7. The molecule has 0 heterocycles. The molecular weight excluding hydrogens is 292 g/mol. The summed E-state index contributed by atoms with van der Waals surface area (Å²) in [6.45, 7) is 1.77. The Bertz CT molecular complexity index is 677. The maximum atomic E-state index is 11.1. The third-order valence-electron chi connectivity index (χ3n) is 2.78. The molecule has 0 N–H and O–H groups in total. The Morgan fingerprint density at radius 1 is 1.05 bits per heavy atom. The molecule has 2 rings (SSSR count). The lowest BCUT2D eigenvalue weighted by molar-refractivity contribution is 0.112. The molecule has 0 amide bonds. The first-order chi connectivity index (χ1) is 10.0. The molecule has 0 bridgehead atoms. The van der Waals surface area contributed by atoms with Crippen molar-refractivity contribution in [2.45, 2.75) is 11.8 Å². The predicted molar refractivity (Wildman–Crippen MR) is 75.7 cm³/mol. The number of aryl methyl sites for hydroxylation is 1. The van der Waals surface area contributed by atoms with Crippen molar-refractivity contribution < 1.29 is 23.1 Å². The fourth-order valence-electron chi connectivity index (χ4n) is 1.86. The number of aldehydes is 2. The van der Waals surface area contributed by atoms with E-state index >= 15 is 0 Å². The van der Waals surface area contributed by atoms with Crippen LogP contribution in [0.25, 0.3) is 0 Å². The van der Waals surface area contributed by atoms with Gasteiger partial charge in [0, 0.05) is 4.90 Å². The summed E-state index contributed by atoms with van der Waals surface area (Å²) in [6.07, 6.45) is 1.22. The van der Waals surface area contributed by atoms with Crippen molar-refractivity contribution in [3.05, 3.63) is 53.1 Å². The molecule has 21 heavy (non-hydrogen) atoms. The molecule has 0 spiro atoms. The van der Waals surface area contributed by atoms with Crippen LogP contribution in [0.5, 0.6) is 11.5 Å². The van der Waals surface area contributed by atoms with Crippen molar-refractivity contribution in [3.8, 4) is 11.5 Å². The summed E-state index contributed by atoms with van der Waals surface area (Å²) in [7, 11) is 0. The van der Waals surface area contributed by atoms with E-state index in [1.54, 1.807) is 19.1 Å². The lowest BCUT2D eigenvalue weighted by atomic mass is 10.1. The summed E-state index contributed by atoms with van der Waals surface area (Å²) in [5, 5.41) is 0. The summed E-state index contributed by atoms with van der Waals surface area (Å²) in [6, 6.07) is 8.86. The standard InChI is InChI=1S/C15H12O5S/c1-10-6-11(8-16)15(12(7-10)9-17)20-13-2-4-14(5-3-13)21(18)19/h2-9H,1H3,(H,18,19)/p-1. The monoisotopic (exact) mass is 303 g/mol. The molecule has 0 aliphatic rings. The average Bonchev–Trinajstić information content (AvgIpc) is 2.48. The van der Waals surface area contributed by atoms with Gasteiger partial charge in [0.15, 0.2) is 12.6 Å². The van der Waals surface area contributed by atoms with Crippen LogP contribution in [0.15, 0.2) is 41.3 Å². The van der Waals surface area contributed by atoms with E-state index in [0.717, 1.165) is 5.56 Å². The Morgan fingerprint density at radius 3 is 2.00 bits per heavy atom. The van der Waals surface area contributed by atoms with Gasteiger partial charge in [-0.1, -0.05) is 0 Å². The summed E-state index contributed by atoms with van der Waals surface area (Å²) >= 11 is -2.32. The van der Waals surface area contributed by atoms with Crippen molar-refractivity contribution in [3.63, 3.8) is 0 Å². The number of carbonyl (C=O) groups is 2. The molecule has 1 atom stereocenters. The molecule has 0 saturated carbocycles. The summed E-state index contributed by atoms with van der Waals surface area (Å²) in [5.41, 5.74) is 1.28. The van der Waals surface area contributed by atoms with E-state index < -0.39 is 11.1 Å². The lowest BCUT2D eigenvalue weighted by Gasteiger charge is -2.12. The molecule has 0 radical (unpaired) electrons. The van der Waals surface area contributed by atoms with Gasteiger partial charge in [0.2, 0.25) is 0 Å². The highest BCUT2D eigenvalue weighted by molar-refractivity contribution is 7.79. The van der Waals surface area contributed by atoms with Gasteiger partial charge in [-0.15, -0.1) is 0 Å². The van der Waals surface area contributed by atoms with E-state index in [4.69, 9.17) is 4.74 Å². The van der Waals surface area contributed by atoms with Gasteiger partial charge in [-0.05, 0) is 60.0 Å². The van der Waals surface area contributed by atoms with Gasteiger partial charge in [0.05, 0.1) is 11.1 Å². The second-order valence-corrected chi connectivity index (χ2v) is 5.26. The highest BCUT2D eigenvalue weighted by atomic mass is 32.2. The van der Waals surface area contributed by atoms with Crippen molar-refractivity contribution in [2.75, 3.05) is 0 Å². The van der Waals surface area contributed by atoms with Gasteiger partial charge < -0.3 is 9.29 Å². The van der Waals surface area contributed by atoms with Crippen LogP contribution < -0.4 is 4.74 Å². The van der Waals surface area contributed by atoms with Crippen LogP contribution in [0.2, 0.25) is 0 Å². The van der Waals surface area contributed by atoms with Crippen molar-refractivity contribution in [1.29, 1.82) is 0 Å². The molecule has 2 aromatic rings. The summed E-state index contributed by atoms with van der Waals surface area (Å²) in [4.78, 5) is 22.3. The number of carbonyl (C=O) groups excluding carboxylic acids is 2. The van der Waals surface area contributed by atoms with E-state index in [-0.39, 0.29) is 21.8 Å². The molecule has 0 aliphatic carbocycles. The Hall–Kier alpha value is -2.31. The van der Waals surface area contributed by atoms with Crippen molar-refractivity contribution in [1.82, 2.24) is 0 Å². The van der Waals surface area contributed by atoms with Crippen LogP contribution >= 0.6 is 0 Å². The number of hydrogen-bond donors (Lipinski definition) is 0. The maximum absolute atomic E-state index is 11.1. The summed E-state index contributed by atoms with van der Waals surface area (Å²) in [5.74, 6) is 0.487. The van der Waals surface area contributed by atoms with E-state index in [1.807, 2.05) is 0 Å². The largest absolute Gasteiger partial charge is 0.768 e. The molecule has 0 aromatic heterocycles. The van der Waals surface area contributed by atoms with E-state index in [0.29, 0.717) is 18.3 Å². The van der Waals surface area contributed by atoms with Crippen molar-refractivity contribution >= 4 is 23.7 Å². The van der Waals surface area contributed by atoms with Crippen LogP contribution in [0.1, 0.15) is 26.3 Å². The highest BCUT2D eigenvalue weighted by Gasteiger charge is 2.11. The molecule has 0 aliphatic heterocycles. The Balaban J connectivity index is 2.40. The predicted octanol–water partition coefficient (Wildman–Crippen LogP) is 2.65. The number of benzene rings is 2. The SMILES string of the molecule is Cc1cc(C=O)c(Oc2ccc(S(=O)[O-])cc2)c(C=O)c1. The first-order valence-electron chi connectivity index (χ1n) is 5.97. The quantitative estimate of drug-likeness (QED) is 0.626. The first-order valence-corrected chi connectivity index (χ1v) is 7.05. The zero-order chi connectivity index (χ0) is 15.4. The van der Waals surface area contributed by atoms with Gasteiger partial charge >= 0.3 is 0 Å². The van der Waals surface area contributed by atoms with E-state index in [9.17, 15) is 18.4 Å². The number of rotatable bonds is 5. The smallest absolute Gasteiger partial charge is 0.153 e. The fourth-order valence-corrected chi connectivity index (χ4v) is 2.22. The van der Waals surface area contributed by atoms with Gasteiger partial charge in [-0.3, -0.25) is 13.8 Å². The van der Waals surface area contributed by atoms with Crippen LogP contribution in [0.3, 0.4) is 0 Å². The maximum Gasteiger partial charge on any atom is 0.153 e. The highest BCUT2D eigenvalue weighted by Crippen LogP contribution is 2.29. The Morgan fingerprint density at radius 2 is 1.57 bits per heavy atom. The molecule has 5 nitrogen and oxygen atoms in total. The third kappa shape index (κ3) is 3.42. The number of hydrogen-bond acceptors (Lipinski definition) is 5. The number of ether oxygens (including phenoxy) is 1. The van der Waals surface area contributed by atoms with Crippen LogP contribution in [0.4, 0.5) is 0 Å². The van der Waals surface area contributed by atoms with Crippen LogP contribution in [0, 0.1) is 6.92 Å². The van der Waals surface area contributed by atoms with Crippen LogP contribution in [-0.2, 0) is 11.1 Å². The average molecular weight is 303 g/mol. The third-order valence-corrected chi connectivity index (χ3v) is 3.44. The fraction of sp³-hybridized carbons (Fsp3) is 0.0667. The zero-order valence-corrected chi connectivity index (χ0v) is 11.9. The zero-order valence-electron chi connectivity index (χ0n) is 11.1. The van der Waals surface area contributed by atoms with Gasteiger partial charge in [0.1, 0.15) is 11.5 Å². The minimum absolute atomic E-state index is 0.123. The molecule has 108 valence electrons. The lowest BCUT2D eigenvalue weighted by Crippen LogP contribution is -1.97. The van der Waals surface area contributed by atoms with E-state index in [2.05, 4.69) is 0 Å². The minimum atomic E-state index is -2.32. The van der Waals surface area contributed by atoms with Gasteiger partial charge in [-0.25, -0.2) is 0 Å². The summed E-state index contributed by atoms with van der Waals surface area (Å²) < 4.78 is 27.1.